The first-order valence-electron chi connectivity index (χ1n) is 9.87. The van der Waals surface area contributed by atoms with Crippen molar-refractivity contribution in [2.75, 3.05) is 4.72 Å². The van der Waals surface area contributed by atoms with E-state index in [2.05, 4.69) is 35.5 Å². The van der Waals surface area contributed by atoms with Gasteiger partial charge in [0.1, 0.15) is 5.82 Å². The lowest BCUT2D eigenvalue weighted by Crippen LogP contribution is -2.14. The minimum absolute atomic E-state index is 0.0224. The van der Waals surface area contributed by atoms with Crippen molar-refractivity contribution in [1.29, 1.82) is 0 Å². The van der Waals surface area contributed by atoms with Crippen molar-refractivity contribution < 1.29 is 8.42 Å². The average molecular weight is 420 g/mol. The molecule has 3 aromatic carbocycles. The number of rotatable bonds is 5. The number of aromatic amines is 1. The van der Waals surface area contributed by atoms with Gasteiger partial charge in [0.05, 0.1) is 15.9 Å². The molecule has 154 valence electrons. The van der Waals surface area contributed by atoms with E-state index in [0.717, 1.165) is 28.0 Å². The summed E-state index contributed by atoms with van der Waals surface area (Å²) in [4.78, 5) is 8.15. The van der Waals surface area contributed by atoms with Crippen LogP contribution in [0.2, 0.25) is 0 Å². The number of imidazole rings is 1. The Morgan fingerprint density at radius 2 is 1.57 bits per heavy atom. The minimum Gasteiger partial charge on any atom is -0.342 e. The monoisotopic (exact) mass is 419 g/mol. The van der Waals surface area contributed by atoms with Crippen LogP contribution in [-0.2, 0) is 21.9 Å². The fourth-order valence-corrected chi connectivity index (χ4v) is 4.38. The molecule has 4 rings (SSSR count). The van der Waals surface area contributed by atoms with Crippen LogP contribution in [0, 0.1) is 0 Å². The van der Waals surface area contributed by atoms with Crippen molar-refractivity contribution in [3.63, 3.8) is 0 Å². The number of sulfonamides is 1. The van der Waals surface area contributed by atoms with E-state index in [0.29, 0.717) is 12.1 Å². The lowest BCUT2D eigenvalue weighted by molar-refractivity contribution is 0.587. The molecule has 4 aromatic rings. The Hall–Kier alpha value is -3.12. The zero-order valence-corrected chi connectivity index (χ0v) is 18.1. The van der Waals surface area contributed by atoms with E-state index >= 15 is 0 Å². The predicted octanol–water partition coefficient (Wildman–Crippen LogP) is 5.25. The molecule has 2 N–H and O–H groups in total. The molecule has 0 aliphatic heterocycles. The van der Waals surface area contributed by atoms with Gasteiger partial charge in [0.15, 0.2) is 0 Å². The standard InChI is InChI=1S/C24H25N3O2S/c1-24(2,3)18-10-14-20(15-11-18)30(28,29)27-19-12-8-17(9-13-19)16-23-25-21-6-4-5-7-22(21)26-23/h4-15,27H,16H2,1-3H3,(H,25,26). The lowest BCUT2D eigenvalue weighted by Gasteiger charge is -2.19. The molecule has 0 fully saturated rings. The normalized spacial score (nSPS) is 12.2. The second-order valence-corrected chi connectivity index (χ2v) is 10.1. The summed E-state index contributed by atoms with van der Waals surface area (Å²) in [6.45, 7) is 6.30. The highest BCUT2D eigenvalue weighted by molar-refractivity contribution is 7.92. The van der Waals surface area contributed by atoms with Gasteiger partial charge in [0.25, 0.3) is 10.0 Å². The molecular weight excluding hydrogens is 394 g/mol. The summed E-state index contributed by atoms with van der Waals surface area (Å²) in [5.74, 6) is 0.878. The molecule has 1 heterocycles. The van der Waals surface area contributed by atoms with Crippen LogP contribution in [0.3, 0.4) is 0 Å². The first kappa shape index (κ1) is 20.2. The van der Waals surface area contributed by atoms with Gasteiger partial charge in [-0.25, -0.2) is 13.4 Å². The molecule has 0 aliphatic carbocycles. The maximum atomic E-state index is 12.7. The quantitative estimate of drug-likeness (QED) is 0.464. The van der Waals surface area contributed by atoms with E-state index in [1.165, 1.54) is 0 Å². The van der Waals surface area contributed by atoms with Crippen molar-refractivity contribution in [1.82, 2.24) is 9.97 Å². The van der Waals surface area contributed by atoms with Crippen LogP contribution >= 0.6 is 0 Å². The number of nitrogens with zero attached hydrogens (tertiary/aromatic N) is 1. The van der Waals surface area contributed by atoms with Crippen LogP contribution < -0.4 is 4.72 Å². The molecule has 0 unspecified atom stereocenters. The van der Waals surface area contributed by atoms with E-state index < -0.39 is 10.0 Å². The molecule has 0 saturated carbocycles. The molecule has 0 aliphatic rings. The van der Waals surface area contributed by atoms with Crippen molar-refractivity contribution in [2.24, 2.45) is 0 Å². The van der Waals surface area contributed by atoms with Gasteiger partial charge in [-0.2, -0.15) is 0 Å². The smallest absolute Gasteiger partial charge is 0.261 e. The van der Waals surface area contributed by atoms with Crippen LogP contribution in [0.25, 0.3) is 11.0 Å². The van der Waals surface area contributed by atoms with Crippen LogP contribution in [0.1, 0.15) is 37.7 Å². The molecule has 1 aromatic heterocycles. The number of nitrogens with one attached hydrogen (secondary N) is 2. The topological polar surface area (TPSA) is 74.8 Å². The molecule has 0 amide bonds. The molecule has 0 saturated heterocycles. The number of hydrogen-bond donors (Lipinski definition) is 2. The van der Waals surface area contributed by atoms with Gasteiger partial charge in [-0.3, -0.25) is 4.72 Å². The van der Waals surface area contributed by atoms with Gasteiger partial charge >= 0.3 is 0 Å². The Morgan fingerprint density at radius 1 is 0.900 bits per heavy atom. The van der Waals surface area contributed by atoms with Crippen LogP contribution in [0.15, 0.2) is 77.7 Å². The van der Waals surface area contributed by atoms with Gasteiger partial charge in [-0.1, -0.05) is 57.2 Å². The summed E-state index contributed by atoms with van der Waals surface area (Å²) in [6.07, 6.45) is 0.649. The van der Waals surface area contributed by atoms with Gasteiger partial charge < -0.3 is 4.98 Å². The third-order valence-corrected chi connectivity index (χ3v) is 6.44. The molecular formula is C24H25N3O2S. The first-order valence-corrected chi connectivity index (χ1v) is 11.3. The molecule has 6 heteroatoms. The number of benzene rings is 3. The van der Waals surface area contributed by atoms with Crippen LogP contribution in [-0.4, -0.2) is 18.4 Å². The molecule has 30 heavy (non-hydrogen) atoms. The highest BCUT2D eigenvalue weighted by Crippen LogP contribution is 2.24. The summed E-state index contributed by atoms with van der Waals surface area (Å²) in [7, 11) is -3.63. The summed E-state index contributed by atoms with van der Waals surface area (Å²) in [6, 6.07) is 22.3. The summed E-state index contributed by atoms with van der Waals surface area (Å²) >= 11 is 0. The van der Waals surface area contributed by atoms with Gasteiger partial charge in [0.2, 0.25) is 0 Å². The van der Waals surface area contributed by atoms with Crippen molar-refractivity contribution in [3.8, 4) is 0 Å². The lowest BCUT2D eigenvalue weighted by atomic mass is 9.87. The number of para-hydroxylation sites is 2. The number of aromatic nitrogens is 2. The third kappa shape index (κ3) is 4.39. The molecule has 0 radical (unpaired) electrons. The Bertz CT molecular complexity index is 1230. The van der Waals surface area contributed by atoms with E-state index in [9.17, 15) is 8.42 Å². The number of fused-ring (bicyclic) bond motifs is 1. The highest BCUT2D eigenvalue weighted by atomic mass is 32.2. The number of anilines is 1. The second-order valence-electron chi connectivity index (χ2n) is 8.45. The first-order chi connectivity index (χ1) is 14.2. The van der Waals surface area contributed by atoms with Crippen molar-refractivity contribution in [2.45, 2.75) is 37.5 Å². The fourth-order valence-electron chi connectivity index (χ4n) is 3.32. The van der Waals surface area contributed by atoms with Gasteiger partial charge in [0, 0.05) is 12.1 Å². The maximum absolute atomic E-state index is 12.7. The molecule has 0 atom stereocenters. The minimum atomic E-state index is -3.63. The van der Waals surface area contributed by atoms with E-state index in [4.69, 9.17) is 0 Å². The highest BCUT2D eigenvalue weighted by Gasteiger charge is 2.17. The molecule has 0 spiro atoms. The third-order valence-electron chi connectivity index (χ3n) is 5.05. The fraction of sp³-hybridized carbons (Fsp3) is 0.208. The maximum Gasteiger partial charge on any atom is 0.261 e. The molecule has 5 nitrogen and oxygen atoms in total. The summed E-state index contributed by atoms with van der Waals surface area (Å²) in [5.41, 5.74) is 4.60. The number of H-pyrrole nitrogens is 1. The van der Waals surface area contributed by atoms with Crippen LogP contribution in [0.4, 0.5) is 5.69 Å². The SMILES string of the molecule is CC(C)(C)c1ccc(S(=O)(=O)Nc2ccc(Cc3nc4ccccc4[nH]3)cc2)cc1. The van der Waals surface area contributed by atoms with Gasteiger partial charge in [-0.05, 0) is 52.9 Å². The largest absolute Gasteiger partial charge is 0.342 e. The van der Waals surface area contributed by atoms with E-state index in [-0.39, 0.29) is 10.3 Å². The van der Waals surface area contributed by atoms with Gasteiger partial charge in [-0.15, -0.1) is 0 Å². The van der Waals surface area contributed by atoms with E-state index in [1.807, 2.05) is 48.5 Å². The average Bonchev–Trinajstić information content (AvgIpc) is 3.11. The van der Waals surface area contributed by atoms with E-state index in [1.54, 1.807) is 24.3 Å². The van der Waals surface area contributed by atoms with Crippen LogP contribution in [0.5, 0.6) is 0 Å². The van der Waals surface area contributed by atoms with Crippen molar-refractivity contribution >= 4 is 26.7 Å². The summed E-state index contributed by atoms with van der Waals surface area (Å²) in [5, 5.41) is 0. The Morgan fingerprint density at radius 3 is 2.20 bits per heavy atom. The summed E-state index contributed by atoms with van der Waals surface area (Å²) < 4.78 is 28.1. The Balaban J connectivity index is 1.47. The van der Waals surface area contributed by atoms with Crippen molar-refractivity contribution in [3.05, 3.63) is 89.7 Å². The predicted molar refractivity (Wildman–Crippen MR) is 121 cm³/mol. The Kier molecular flexibility index (Phi) is 5.12. The zero-order chi connectivity index (χ0) is 21.4. The second kappa shape index (κ2) is 7.61. The molecule has 0 bridgehead atoms. The zero-order valence-electron chi connectivity index (χ0n) is 17.3. The Labute approximate surface area is 177 Å². The number of hydrogen-bond acceptors (Lipinski definition) is 3.